The summed E-state index contributed by atoms with van der Waals surface area (Å²) in [7, 11) is 0. The lowest BCUT2D eigenvalue weighted by Gasteiger charge is -2.14. The first kappa shape index (κ1) is 16.1. The van der Waals surface area contributed by atoms with Crippen molar-refractivity contribution < 1.29 is 14.7 Å². The van der Waals surface area contributed by atoms with E-state index in [0.717, 1.165) is 23.7 Å². The minimum atomic E-state index is -0.965. The summed E-state index contributed by atoms with van der Waals surface area (Å²) in [4.78, 5) is 23.1. The molecule has 2 N–H and O–H groups in total. The number of rotatable bonds is 8. The molecule has 22 heavy (non-hydrogen) atoms. The van der Waals surface area contributed by atoms with Gasteiger partial charge in [-0.25, -0.2) is 4.79 Å². The van der Waals surface area contributed by atoms with Crippen molar-refractivity contribution in [3.63, 3.8) is 0 Å². The van der Waals surface area contributed by atoms with Gasteiger partial charge in [0.05, 0.1) is 0 Å². The van der Waals surface area contributed by atoms with Gasteiger partial charge >= 0.3 is 5.97 Å². The number of hydrogen-bond acceptors (Lipinski definition) is 2. The van der Waals surface area contributed by atoms with Crippen LogP contribution < -0.4 is 5.32 Å². The second-order valence-corrected chi connectivity index (χ2v) is 5.42. The van der Waals surface area contributed by atoms with Gasteiger partial charge in [0.25, 0.3) is 0 Å². The standard InChI is InChI=1S/C17H22N2O3/c1-2-3-7-14(17(21)22)18-16(20)10-12-19-11-9-13-6-4-5-8-15(13)19/h4-6,8-9,11,14H,2-3,7,10,12H2,1H3,(H,18,20)(H,21,22). The topological polar surface area (TPSA) is 71.3 Å². The summed E-state index contributed by atoms with van der Waals surface area (Å²) in [5.41, 5.74) is 1.08. The molecule has 0 saturated carbocycles. The minimum absolute atomic E-state index is 0.221. The molecule has 2 rings (SSSR count). The summed E-state index contributed by atoms with van der Waals surface area (Å²) in [6.07, 6.45) is 4.40. The van der Waals surface area contributed by atoms with E-state index in [1.165, 1.54) is 0 Å². The lowest BCUT2D eigenvalue weighted by Crippen LogP contribution is -2.41. The Balaban J connectivity index is 1.90. The molecule has 0 aliphatic carbocycles. The van der Waals surface area contributed by atoms with Crippen LogP contribution in [0.15, 0.2) is 36.5 Å². The van der Waals surface area contributed by atoms with Crippen molar-refractivity contribution in [3.8, 4) is 0 Å². The predicted molar refractivity (Wildman–Crippen MR) is 85.6 cm³/mol. The highest BCUT2D eigenvalue weighted by molar-refractivity contribution is 5.84. The number of carboxylic acid groups (broad SMARTS) is 1. The molecule has 5 nitrogen and oxygen atoms in total. The fourth-order valence-corrected chi connectivity index (χ4v) is 2.49. The van der Waals surface area contributed by atoms with E-state index in [0.29, 0.717) is 13.0 Å². The number of nitrogens with one attached hydrogen (secondary N) is 1. The average Bonchev–Trinajstić information content (AvgIpc) is 2.92. The Labute approximate surface area is 129 Å². The lowest BCUT2D eigenvalue weighted by atomic mass is 10.1. The summed E-state index contributed by atoms with van der Waals surface area (Å²) in [6, 6.07) is 9.20. The summed E-state index contributed by atoms with van der Waals surface area (Å²) < 4.78 is 2.01. The molecule has 0 radical (unpaired) electrons. The van der Waals surface area contributed by atoms with E-state index >= 15 is 0 Å². The number of nitrogens with zero attached hydrogens (tertiary/aromatic N) is 1. The Morgan fingerprint density at radius 1 is 1.27 bits per heavy atom. The fraction of sp³-hybridized carbons (Fsp3) is 0.412. The predicted octanol–water partition coefficient (Wildman–Crippen LogP) is 2.79. The molecule has 2 aromatic rings. The third-order valence-corrected chi connectivity index (χ3v) is 3.74. The highest BCUT2D eigenvalue weighted by Gasteiger charge is 2.18. The van der Waals surface area contributed by atoms with Gasteiger partial charge < -0.3 is 15.0 Å². The van der Waals surface area contributed by atoms with Crippen molar-refractivity contribution in [3.05, 3.63) is 36.5 Å². The number of aryl methyl sites for hydroxylation is 1. The van der Waals surface area contributed by atoms with E-state index in [-0.39, 0.29) is 12.3 Å². The Kier molecular flexibility index (Phi) is 5.58. The third kappa shape index (κ3) is 4.10. The van der Waals surface area contributed by atoms with Gasteiger partial charge in [0.1, 0.15) is 6.04 Å². The van der Waals surface area contributed by atoms with Crippen molar-refractivity contribution >= 4 is 22.8 Å². The Morgan fingerprint density at radius 3 is 2.77 bits per heavy atom. The van der Waals surface area contributed by atoms with Gasteiger partial charge in [-0.2, -0.15) is 0 Å². The van der Waals surface area contributed by atoms with Crippen LogP contribution >= 0.6 is 0 Å². The zero-order chi connectivity index (χ0) is 15.9. The largest absolute Gasteiger partial charge is 0.480 e. The molecule has 1 aromatic carbocycles. The van der Waals surface area contributed by atoms with Crippen LogP contribution in [0.2, 0.25) is 0 Å². The normalized spacial score (nSPS) is 12.2. The first-order valence-corrected chi connectivity index (χ1v) is 7.68. The summed E-state index contributed by atoms with van der Waals surface area (Å²) in [5, 5.41) is 12.9. The highest BCUT2D eigenvalue weighted by atomic mass is 16.4. The molecule has 1 aromatic heterocycles. The molecule has 1 heterocycles. The molecule has 5 heteroatoms. The molecule has 1 amide bonds. The van der Waals surface area contributed by atoms with Crippen LogP contribution in [-0.2, 0) is 16.1 Å². The molecule has 1 unspecified atom stereocenters. The van der Waals surface area contributed by atoms with E-state index in [9.17, 15) is 9.59 Å². The Bertz CT molecular complexity index is 648. The molecule has 0 spiro atoms. The molecule has 0 aliphatic heterocycles. The van der Waals surface area contributed by atoms with Crippen LogP contribution in [0.25, 0.3) is 10.9 Å². The summed E-state index contributed by atoms with van der Waals surface area (Å²) in [6.45, 7) is 2.54. The molecule has 0 saturated heterocycles. The third-order valence-electron chi connectivity index (χ3n) is 3.74. The quantitative estimate of drug-likeness (QED) is 0.787. The Morgan fingerprint density at radius 2 is 2.05 bits per heavy atom. The maximum atomic E-state index is 12.0. The highest BCUT2D eigenvalue weighted by Crippen LogP contribution is 2.15. The number of aromatic nitrogens is 1. The van der Waals surface area contributed by atoms with Gasteiger partial charge in [0.15, 0.2) is 0 Å². The van der Waals surface area contributed by atoms with Crippen LogP contribution in [0, 0.1) is 0 Å². The lowest BCUT2D eigenvalue weighted by molar-refractivity contribution is -0.142. The molecule has 0 bridgehead atoms. The van der Waals surface area contributed by atoms with Crippen LogP contribution in [-0.4, -0.2) is 27.6 Å². The summed E-state index contributed by atoms with van der Waals surface area (Å²) in [5.74, 6) is -1.19. The molecule has 1 atom stereocenters. The Hall–Kier alpha value is -2.30. The smallest absolute Gasteiger partial charge is 0.326 e. The number of hydrogen-bond donors (Lipinski definition) is 2. The summed E-state index contributed by atoms with van der Waals surface area (Å²) >= 11 is 0. The molecule has 0 fully saturated rings. The van der Waals surface area contributed by atoms with Gasteiger partial charge in [0, 0.05) is 24.7 Å². The van der Waals surface area contributed by atoms with E-state index in [2.05, 4.69) is 5.32 Å². The number of carbonyl (C=O) groups excluding carboxylic acids is 1. The maximum absolute atomic E-state index is 12.0. The molecule has 118 valence electrons. The monoisotopic (exact) mass is 302 g/mol. The van der Waals surface area contributed by atoms with E-state index in [1.807, 2.05) is 48.0 Å². The van der Waals surface area contributed by atoms with Gasteiger partial charge in [-0.15, -0.1) is 0 Å². The number of fused-ring (bicyclic) bond motifs is 1. The minimum Gasteiger partial charge on any atom is -0.480 e. The number of unbranched alkanes of at least 4 members (excludes halogenated alkanes) is 1. The zero-order valence-electron chi connectivity index (χ0n) is 12.8. The zero-order valence-corrected chi connectivity index (χ0v) is 12.8. The van der Waals surface area contributed by atoms with Gasteiger partial charge in [-0.1, -0.05) is 38.0 Å². The van der Waals surface area contributed by atoms with Crippen molar-refractivity contribution in [1.82, 2.24) is 9.88 Å². The molecular formula is C17H22N2O3. The second-order valence-electron chi connectivity index (χ2n) is 5.42. The average molecular weight is 302 g/mol. The molecular weight excluding hydrogens is 280 g/mol. The van der Waals surface area contributed by atoms with Crippen molar-refractivity contribution in [2.24, 2.45) is 0 Å². The van der Waals surface area contributed by atoms with Crippen molar-refractivity contribution in [2.45, 2.75) is 45.2 Å². The number of aliphatic carboxylic acids is 1. The number of carbonyl (C=O) groups is 2. The van der Waals surface area contributed by atoms with Crippen LogP contribution in [0.4, 0.5) is 0 Å². The van der Waals surface area contributed by atoms with E-state index in [4.69, 9.17) is 5.11 Å². The number of carboxylic acids is 1. The van der Waals surface area contributed by atoms with Crippen molar-refractivity contribution in [1.29, 1.82) is 0 Å². The molecule has 0 aliphatic rings. The van der Waals surface area contributed by atoms with Crippen molar-refractivity contribution in [2.75, 3.05) is 0 Å². The maximum Gasteiger partial charge on any atom is 0.326 e. The van der Waals surface area contributed by atoms with Crippen LogP contribution in [0.5, 0.6) is 0 Å². The SMILES string of the molecule is CCCCC(NC(=O)CCn1ccc2ccccc21)C(=O)O. The van der Waals surface area contributed by atoms with Gasteiger partial charge in [-0.05, 0) is 23.9 Å². The fourth-order valence-electron chi connectivity index (χ4n) is 2.49. The van der Waals surface area contributed by atoms with E-state index in [1.54, 1.807) is 0 Å². The number of para-hydroxylation sites is 1. The van der Waals surface area contributed by atoms with Gasteiger partial charge in [0.2, 0.25) is 5.91 Å². The number of benzene rings is 1. The van der Waals surface area contributed by atoms with E-state index < -0.39 is 12.0 Å². The first-order chi connectivity index (χ1) is 10.6. The van der Waals surface area contributed by atoms with Crippen LogP contribution in [0.3, 0.4) is 0 Å². The second kappa shape index (κ2) is 7.64. The van der Waals surface area contributed by atoms with Gasteiger partial charge in [-0.3, -0.25) is 4.79 Å². The van der Waals surface area contributed by atoms with Crippen LogP contribution in [0.1, 0.15) is 32.6 Å². The number of amides is 1. The first-order valence-electron chi connectivity index (χ1n) is 7.68.